The van der Waals surface area contributed by atoms with Crippen LogP contribution in [-0.2, 0) is 0 Å². The van der Waals surface area contributed by atoms with Crippen molar-refractivity contribution in [3.8, 4) is 11.3 Å². The summed E-state index contributed by atoms with van der Waals surface area (Å²) in [5, 5.41) is 2.80. The highest BCUT2D eigenvalue weighted by molar-refractivity contribution is 5.94. The van der Waals surface area contributed by atoms with Crippen molar-refractivity contribution in [3.05, 3.63) is 58.1 Å². The standard InChI is InChI=1S/C17H19FN2O2/c1-3-4-11(2)19-16(21)14-9-10-15(20-17(14)22)12-5-7-13(18)8-6-12/h5-11H,3-4H2,1-2H3,(H,19,21)(H,20,22)/t11-/m0/s1. The van der Waals surface area contributed by atoms with Crippen LogP contribution in [0.25, 0.3) is 11.3 Å². The van der Waals surface area contributed by atoms with Gasteiger partial charge in [0.2, 0.25) is 0 Å². The lowest BCUT2D eigenvalue weighted by Crippen LogP contribution is -2.35. The smallest absolute Gasteiger partial charge is 0.261 e. The zero-order valence-electron chi connectivity index (χ0n) is 12.7. The monoisotopic (exact) mass is 302 g/mol. The Kier molecular flexibility index (Phi) is 5.09. The molecule has 1 amide bonds. The normalized spacial score (nSPS) is 12.0. The lowest BCUT2D eigenvalue weighted by Gasteiger charge is -2.12. The zero-order chi connectivity index (χ0) is 16.1. The molecule has 0 radical (unpaired) electrons. The summed E-state index contributed by atoms with van der Waals surface area (Å²) in [4.78, 5) is 26.8. The number of nitrogens with one attached hydrogen (secondary N) is 2. The minimum atomic E-state index is -0.456. The third-order valence-electron chi connectivity index (χ3n) is 3.41. The molecule has 5 heteroatoms. The second kappa shape index (κ2) is 7.02. The number of aromatic nitrogens is 1. The predicted molar refractivity (Wildman–Crippen MR) is 84.3 cm³/mol. The van der Waals surface area contributed by atoms with Crippen molar-refractivity contribution in [2.45, 2.75) is 32.7 Å². The van der Waals surface area contributed by atoms with Crippen LogP contribution in [0.15, 0.2) is 41.2 Å². The van der Waals surface area contributed by atoms with Gasteiger partial charge < -0.3 is 10.3 Å². The maximum absolute atomic E-state index is 12.9. The highest BCUT2D eigenvalue weighted by Crippen LogP contribution is 2.16. The van der Waals surface area contributed by atoms with E-state index in [0.29, 0.717) is 11.3 Å². The van der Waals surface area contributed by atoms with Gasteiger partial charge in [0.25, 0.3) is 11.5 Å². The largest absolute Gasteiger partial charge is 0.349 e. The fraction of sp³-hybridized carbons (Fsp3) is 0.294. The Morgan fingerprint density at radius 2 is 1.91 bits per heavy atom. The first kappa shape index (κ1) is 15.9. The number of halogens is 1. The molecule has 2 rings (SSSR count). The molecule has 4 nitrogen and oxygen atoms in total. The van der Waals surface area contributed by atoms with Crippen molar-refractivity contribution in [2.24, 2.45) is 0 Å². The third kappa shape index (κ3) is 3.81. The maximum atomic E-state index is 12.9. The SMILES string of the molecule is CCC[C@H](C)NC(=O)c1ccc(-c2ccc(F)cc2)[nH]c1=O. The topological polar surface area (TPSA) is 62.0 Å². The Morgan fingerprint density at radius 3 is 2.50 bits per heavy atom. The van der Waals surface area contributed by atoms with Crippen LogP contribution in [0.3, 0.4) is 0 Å². The first-order chi connectivity index (χ1) is 10.5. The number of pyridine rings is 1. The van der Waals surface area contributed by atoms with Crippen LogP contribution in [0.2, 0.25) is 0 Å². The van der Waals surface area contributed by atoms with Crippen molar-refractivity contribution in [1.82, 2.24) is 10.3 Å². The first-order valence-electron chi connectivity index (χ1n) is 7.31. The Bertz CT molecular complexity index is 707. The maximum Gasteiger partial charge on any atom is 0.261 e. The van der Waals surface area contributed by atoms with E-state index in [1.807, 2.05) is 13.8 Å². The number of benzene rings is 1. The van der Waals surface area contributed by atoms with E-state index in [1.165, 1.54) is 18.2 Å². The fourth-order valence-electron chi connectivity index (χ4n) is 2.26. The summed E-state index contributed by atoms with van der Waals surface area (Å²) in [6.45, 7) is 3.94. The van der Waals surface area contributed by atoms with Crippen molar-refractivity contribution < 1.29 is 9.18 Å². The van der Waals surface area contributed by atoms with Crippen molar-refractivity contribution in [3.63, 3.8) is 0 Å². The lowest BCUT2D eigenvalue weighted by atomic mass is 10.1. The van der Waals surface area contributed by atoms with Gasteiger partial charge in [0.1, 0.15) is 11.4 Å². The molecule has 2 N–H and O–H groups in total. The minimum absolute atomic E-state index is 0.0219. The molecule has 0 bridgehead atoms. The van der Waals surface area contributed by atoms with E-state index in [2.05, 4.69) is 10.3 Å². The Balaban J connectivity index is 2.21. The molecule has 1 heterocycles. The number of hydrogen-bond donors (Lipinski definition) is 2. The van der Waals surface area contributed by atoms with Crippen molar-refractivity contribution in [2.75, 3.05) is 0 Å². The third-order valence-corrected chi connectivity index (χ3v) is 3.41. The van der Waals surface area contributed by atoms with Gasteiger partial charge in [-0.15, -0.1) is 0 Å². The zero-order valence-corrected chi connectivity index (χ0v) is 12.7. The van der Waals surface area contributed by atoms with E-state index in [0.717, 1.165) is 12.8 Å². The second-order valence-corrected chi connectivity index (χ2v) is 5.28. The molecule has 116 valence electrons. The molecule has 2 aromatic rings. The molecule has 0 aliphatic carbocycles. The van der Waals surface area contributed by atoms with Crippen LogP contribution in [0.5, 0.6) is 0 Å². The van der Waals surface area contributed by atoms with E-state index in [-0.39, 0.29) is 23.3 Å². The van der Waals surface area contributed by atoms with E-state index in [4.69, 9.17) is 0 Å². The summed E-state index contributed by atoms with van der Waals surface area (Å²) in [6, 6.07) is 8.95. The number of amides is 1. The molecule has 1 aromatic carbocycles. The quantitative estimate of drug-likeness (QED) is 0.891. The molecule has 0 spiro atoms. The molecular formula is C17H19FN2O2. The van der Waals surface area contributed by atoms with E-state index >= 15 is 0 Å². The molecule has 0 saturated carbocycles. The molecule has 0 fully saturated rings. The summed E-state index contributed by atoms with van der Waals surface area (Å²) in [5.74, 6) is -0.722. The lowest BCUT2D eigenvalue weighted by molar-refractivity contribution is 0.0937. The van der Waals surface area contributed by atoms with Gasteiger partial charge >= 0.3 is 0 Å². The molecule has 1 atom stereocenters. The van der Waals surface area contributed by atoms with Gasteiger partial charge in [-0.2, -0.15) is 0 Å². The van der Waals surface area contributed by atoms with Crippen LogP contribution in [0.4, 0.5) is 4.39 Å². The number of hydrogen-bond acceptors (Lipinski definition) is 2. The number of carbonyl (C=O) groups is 1. The molecule has 0 aliphatic rings. The van der Waals surface area contributed by atoms with Gasteiger partial charge in [-0.1, -0.05) is 13.3 Å². The van der Waals surface area contributed by atoms with Gasteiger partial charge in [-0.3, -0.25) is 9.59 Å². The van der Waals surface area contributed by atoms with Gasteiger partial charge in [-0.25, -0.2) is 4.39 Å². The van der Waals surface area contributed by atoms with E-state index in [1.54, 1.807) is 18.2 Å². The van der Waals surface area contributed by atoms with Gasteiger partial charge in [0.15, 0.2) is 0 Å². The van der Waals surface area contributed by atoms with Crippen molar-refractivity contribution >= 4 is 5.91 Å². The summed E-state index contributed by atoms with van der Waals surface area (Å²) in [6.07, 6.45) is 1.82. The van der Waals surface area contributed by atoms with E-state index in [9.17, 15) is 14.0 Å². The van der Waals surface area contributed by atoms with Crippen LogP contribution < -0.4 is 10.9 Å². The Labute approximate surface area is 128 Å². The predicted octanol–water partition coefficient (Wildman–Crippen LogP) is 3.10. The Hall–Kier alpha value is -2.43. The number of rotatable bonds is 5. The van der Waals surface area contributed by atoms with E-state index < -0.39 is 5.56 Å². The number of aromatic amines is 1. The number of H-pyrrole nitrogens is 1. The first-order valence-corrected chi connectivity index (χ1v) is 7.31. The average Bonchev–Trinajstić information content (AvgIpc) is 2.47. The molecule has 0 saturated heterocycles. The van der Waals surface area contributed by atoms with Gasteiger partial charge in [0, 0.05) is 11.7 Å². The fourth-order valence-corrected chi connectivity index (χ4v) is 2.26. The van der Waals surface area contributed by atoms with Gasteiger partial charge in [-0.05, 0) is 55.3 Å². The Morgan fingerprint density at radius 1 is 1.23 bits per heavy atom. The summed E-state index contributed by atoms with van der Waals surface area (Å²) in [5.41, 5.74) is 0.852. The second-order valence-electron chi connectivity index (χ2n) is 5.28. The summed E-state index contributed by atoms with van der Waals surface area (Å²) >= 11 is 0. The van der Waals surface area contributed by atoms with Crippen LogP contribution in [0, 0.1) is 5.82 Å². The van der Waals surface area contributed by atoms with Crippen LogP contribution >= 0.6 is 0 Å². The number of carbonyl (C=O) groups excluding carboxylic acids is 1. The minimum Gasteiger partial charge on any atom is -0.349 e. The van der Waals surface area contributed by atoms with Gasteiger partial charge in [0.05, 0.1) is 0 Å². The highest BCUT2D eigenvalue weighted by atomic mass is 19.1. The molecule has 1 aromatic heterocycles. The highest BCUT2D eigenvalue weighted by Gasteiger charge is 2.13. The summed E-state index contributed by atoms with van der Waals surface area (Å²) < 4.78 is 12.9. The molecule has 0 unspecified atom stereocenters. The van der Waals surface area contributed by atoms with Crippen molar-refractivity contribution in [1.29, 1.82) is 0 Å². The average molecular weight is 302 g/mol. The molecule has 0 aliphatic heterocycles. The van der Waals surface area contributed by atoms with Crippen LogP contribution in [0.1, 0.15) is 37.0 Å². The molecular weight excluding hydrogens is 283 g/mol. The van der Waals surface area contributed by atoms with Crippen LogP contribution in [-0.4, -0.2) is 16.9 Å². The molecule has 22 heavy (non-hydrogen) atoms. The summed E-state index contributed by atoms with van der Waals surface area (Å²) in [7, 11) is 0.